The first kappa shape index (κ1) is 17.9. The van der Waals surface area contributed by atoms with E-state index in [9.17, 15) is 13.2 Å². The lowest BCUT2D eigenvalue weighted by Gasteiger charge is -2.09. The number of nitrogens with one attached hydrogen (secondary N) is 2. The number of sulfonamides is 1. The molecule has 1 amide bonds. The Morgan fingerprint density at radius 2 is 2.00 bits per heavy atom. The molecule has 2 rings (SSSR count). The topological polar surface area (TPSA) is 75.3 Å². The third kappa shape index (κ3) is 5.30. The molecule has 1 aromatic carbocycles. The van der Waals surface area contributed by atoms with E-state index >= 15 is 0 Å². The molecule has 1 aromatic heterocycles. The summed E-state index contributed by atoms with van der Waals surface area (Å²) in [6.07, 6.45) is 1.67. The van der Waals surface area contributed by atoms with Crippen molar-refractivity contribution in [1.82, 2.24) is 4.72 Å². The molecule has 0 spiro atoms. The minimum Gasteiger partial charge on any atom is -0.326 e. The maximum Gasteiger partial charge on any atom is 0.224 e. The van der Waals surface area contributed by atoms with Gasteiger partial charge in [0.05, 0.1) is 5.25 Å². The monoisotopic (exact) mass is 354 g/mol. The van der Waals surface area contributed by atoms with E-state index in [0.717, 1.165) is 11.1 Å². The summed E-state index contributed by atoms with van der Waals surface area (Å²) in [5, 5.41) is 5.59. The molecule has 5 nitrogen and oxygen atoms in total. The molecular formula is C16H22N2O3S2. The molecule has 1 heterocycles. The van der Waals surface area contributed by atoms with E-state index in [1.165, 1.54) is 4.70 Å². The molecule has 0 fully saturated rings. The van der Waals surface area contributed by atoms with E-state index in [1.54, 1.807) is 25.2 Å². The number of rotatable bonds is 8. The average Bonchev–Trinajstić information content (AvgIpc) is 2.94. The molecule has 0 aliphatic carbocycles. The van der Waals surface area contributed by atoms with Crippen molar-refractivity contribution in [2.24, 2.45) is 0 Å². The normalized spacial score (nSPS) is 12.0. The Morgan fingerprint density at radius 1 is 1.22 bits per heavy atom. The molecule has 0 saturated carbocycles. The highest BCUT2D eigenvalue weighted by molar-refractivity contribution is 7.90. The van der Waals surface area contributed by atoms with Gasteiger partial charge in [-0.2, -0.15) is 0 Å². The van der Waals surface area contributed by atoms with Gasteiger partial charge in [-0.3, -0.25) is 4.79 Å². The van der Waals surface area contributed by atoms with E-state index in [-0.39, 0.29) is 5.91 Å². The van der Waals surface area contributed by atoms with E-state index in [1.807, 2.05) is 29.6 Å². The first-order valence-corrected chi connectivity index (χ1v) is 10.1. The Kier molecular flexibility index (Phi) is 6.15. The Hall–Kier alpha value is -1.44. The van der Waals surface area contributed by atoms with Crippen LogP contribution in [-0.2, 0) is 14.8 Å². The molecule has 126 valence electrons. The van der Waals surface area contributed by atoms with Crippen molar-refractivity contribution in [3.05, 3.63) is 29.6 Å². The summed E-state index contributed by atoms with van der Waals surface area (Å²) in [5.41, 5.74) is 0.793. The fourth-order valence-electron chi connectivity index (χ4n) is 2.06. The van der Waals surface area contributed by atoms with Crippen molar-refractivity contribution in [2.75, 3.05) is 11.9 Å². The minimum absolute atomic E-state index is 0.0497. The van der Waals surface area contributed by atoms with Gasteiger partial charge in [-0.15, -0.1) is 11.3 Å². The van der Waals surface area contributed by atoms with Gasteiger partial charge >= 0.3 is 0 Å². The van der Waals surface area contributed by atoms with Crippen LogP contribution in [0, 0.1) is 0 Å². The van der Waals surface area contributed by atoms with Crippen molar-refractivity contribution < 1.29 is 13.2 Å². The molecule has 2 N–H and O–H groups in total. The number of amides is 1. The molecular weight excluding hydrogens is 332 g/mol. The molecule has 0 atom stereocenters. The molecule has 0 aliphatic heterocycles. The second-order valence-electron chi connectivity index (χ2n) is 5.67. The van der Waals surface area contributed by atoms with Gasteiger partial charge in [-0.1, -0.05) is 0 Å². The van der Waals surface area contributed by atoms with Crippen LogP contribution in [0.25, 0.3) is 10.1 Å². The van der Waals surface area contributed by atoms with Gasteiger partial charge in [0.25, 0.3) is 0 Å². The van der Waals surface area contributed by atoms with E-state index < -0.39 is 15.3 Å². The summed E-state index contributed by atoms with van der Waals surface area (Å²) in [6.45, 7) is 3.65. The average molecular weight is 354 g/mol. The molecule has 23 heavy (non-hydrogen) atoms. The second kappa shape index (κ2) is 7.90. The highest BCUT2D eigenvalue weighted by Gasteiger charge is 2.14. The van der Waals surface area contributed by atoms with Crippen LogP contribution >= 0.6 is 11.3 Å². The first-order valence-electron chi connectivity index (χ1n) is 7.64. The SMILES string of the molecule is CC(C)S(=O)(=O)NCCCCC(=O)Nc1ccc2sccc2c1. The van der Waals surface area contributed by atoms with Crippen molar-refractivity contribution >= 4 is 43.0 Å². The Labute approximate surface area is 141 Å². The van der Waals surface area contributed by atoms with Crippen molar-refractivity contribution in [3.63, 3.8) is 0 Å². The highest BCUT2D eigenvalue weighted by Crippen LogP contribution is 2.24. The van der Waals surface area contributed by atoms with Crippen LogP contribution in [0.2, 0.25) is 0 Å². The van der Waals surface area contributed by atoms with Crippen LogP contribution in [0.3, 0.4) is 0 Å². The number of hydrogen-bond donors (Lipinski definition) is 2. The van der Waals surface area contributed by atoms with Crippen LogP contribution in [0.1, 0.15) is 33.1 Å². The quantitative estimate of drug-likeness (QED) is 0.714. The van der Waals surface area contributed by atoms with Crippen LogP contribution in [0.15, 0.2) is 29.6 Å². The number of carbonyl (C=O) groups is 1. The predicted molar refractivity (Wildman–Crippen MR) is 96.4 cm³/mol. The number of unbranched alkanes of at least 4 members (excludes halogenated alkanes) is 1. The second-order valence-corrected chi connectivity index (χ2v) is 8.94. The molecule has 0 saturated heterocycles. The van der Waals surface area contributed by atoms with Gasteiger partial charge in [0.15, 0.2) is 0 Å². The first-order chi connectivity index (χ1) is 10.9. The maximum absolute atomic E-state index is 11.9. The molecule has 0 aliphatic rings. The molecule has 2 aromatic rings. The fraction of sp³-hybridized carbons (Fsp3) is 0.438. The van der Waals surface area contributed by atoms with Gasteiger partial charge in [0.2, 0.25) is 15.9 Å². The lowest BCUT2D eigenvalue weighted by Crippen LogP contribution is -2.31. The summed E-state index contributed by atoms with van der Waals surface area (Å²) in [7, 11) is -3.21. The zero-order valence-electron chi connectivity index (χ0n) is 13.3. The highest BCUT2D eigenvalue weighted by atomic mass is 32.2. The number of benzene rings is 1. The Balaban J connectivity index is 1.71. The van der Waals surface area contributed by atoms with Crippen LogP contribution < -0.4 is 10.0 Å². The number of thiophene rings is 1. The Morgan fingerprint density at radius 3 is 2.74 bits per heavy atom. The summed E-state index contributed by atoms with van der Waals surface area (Å²) < 4.78 is 26.9. The zero-order valence-corrected chi connectivity index (χ0v) is 15.0. The van der Waals surface area contributed by atoms with Crippen LogP contribution in [0.4, 0.5) is 5.69 Å². The number of hydrogen-bond acceptors (Lipinski definition) is 4. The summed E-state index contributed by atoms with van der Waals surface area (Å²) in [5.74, 6) is -0.0497. The lowest BCUT2D eigenvalue weighted by atomic mass is 10.2. The summed E-state index contributed by atoms with van der Waals surface area (Å²) in [6, 6.07) is 7.88. The zero-order chi connectivity index (χ0) is 16.9. The molecule has 0 bridgehead atoms. The number of anilines is 1. The third-order valence-electron chi connectivity index (χ3n) is 3.49. The molecule has 0 radical (unpaired) electrons. The minimum atomic E-state index is -3.21. The number of fused-ring (bicyclic) bond motifs is 1. The number of carbonyl (C=O) groups excluding carboxylic acids is 1. The van der Waals surface area contributed by atoms with Crippen LogP contribution in [0.5, 0.6) is 0 Å². The van der Waals surface area contributed by atoms with E-state index in [4.69, 9.17) is 0 Å². The maximum atomic E-state index is 11.9. The standard InChI is InChI=1S/C16H22N2O3S2/c1-12(2)23(20,21)17-9-4-3-5-16(19)18-14-6-7-15-13(11-14)8-10-22-15/h6-8,10-12,17H,3-5,9H2,1-2H3,(H,18,19). The van der Waals surface area contributed by atoms with E-state index in [2.05, 4.69) is 10.0 Å². The lowest BCUT2D eigenvalue weighted by molar-refractivity contribution is -0.116. The fourth-order valence-corrected chi connectivity index (χ4v) is 3.59. The van der Waals surface area contributed by atoms with E-state index in [0.29, 0.717) is 25.8 Å². The van der Waals surface area contributed by atoms with Gasteiger partial charge in [-0.25, -0.2) is 13.1 Å². The van der Waals surface area contributed by atoms with Gasteiger partial charge in [-0.05, 0) is 61.7 Å². The third-order valence-corrected chi connectivity index (χ3v) is 6.24. The van der Waals surface area contributed by atoms with Crippen molar-refractivity contribution in [3.8, 4) is 0 Å². The van der Waals surface area contributed by atoms with Gasteiger partial charge in [0.1, 0.15) is 0 Å². The molecule has 0 unspecified atom stereocenters. The van der Waals surface area contributed by atoms with Crippen molar-refractivity contribution in [1.29, 1.82) is 0 Å². The van der Waals surface area contributed by atoms with Gasteiger partial charge < -0.3 is 5.32 Å². The van der Waals surface area contributed by atoms with Gasteiger partial charge in [0, 0.05) is 23.4 Å². The summed E-state index contributed by atoms with van der Waals surface area (Å²) >= 11 is 1.67. The van der Waals surface area contributed by atoms with Crippen molar-refractivity contribution in [2.45, 2.75) is 38.4 Å². The summed E-state index contributed by atoms with van der Waals surface area (Å²) in [4.78, 5) is 11.9. The predicted octanol–water partition coefficient (Wildman–Crippen LogP) is 3.34. The molecule has 7 heteroatoms. The largest absolute Gasteiger partial charge is 0.326 e. The van der Waals surface area contributed by atoms with Crippen LogP contribution in [-0.4, -0.2) is 26.1 Å². The smallest absolute Gasteiger partial charge is 0.224 e. The Bertz CT molecular complexity index is 766.